The maximum atomic E-state index is 11.0. The van der Waals surface area contributed by atoms with Crippen LogP contribution in [-0.4, -0.2) is 29.1 Å². The molecule has 2 rings (SSSR count). The summed E-state index contributed by atoms with van der Waals surface area (Å²) in [6.07, 6.45) is 4.78. The Morgan fingerprint density at radius 3 is 3.06 bits per heavy atom. The molecule has 1 aliphatic rings. The number of carboxylic acid groups (broad SMARTS) is 1. The van der Waals surface area contributed by atoms with Crippen LogP contribution in [0.5, 0.6) is 0 Å². The van der Waals surface area contributed by atoms with Crippen molar-refractivity contribution < 1.29 is 14.3 Å². The van der Waals surface area contributed by atoms with Gasteiger partial charge in [-0.1, -0.05) is 13.8 Å². The Morgan fingerprint density at radius 1 is 1.61 bits per heavy atom. The summed E-state index contributed by atoms with van der Waals surface area (Å²) < 4.78 is 5.47. The predicted octanol–water partition coefficient (Wildman–Crippen LogP) is 2.70. The fourth-order valence-corrected chi connectivity index (χ4v) is 2.79. The molecule has 1 atom stereocenters. The Kier molecular flexibility index (Phi) is 4.07. The minimum absolute atomic E-state index is 0.105. The molecule has 1 aromatic heterocycles. The van der Waals surface area contributed by atoms with Crippen molar-refractivity contribution >= 4 is 5.97 Å². The molecule has 0 amide bonds. The van der Waals surface area contributed by atoms with E-state index in [1.807, 2.05) is 6.07 Å². The number of nitrogens with zero attached hydrogens (tertiary/aromatic N) is 1. The van der Waals surface area contributed by atoms with Crippen LogP contribution < -0.4 is 0 Å². The van der Waals surface area contributed by atoms with Gasteiger partial charge >= 0.3 is 5.97 Å². The first-order chi connectivity index (χ1) is 8.58. The van der Waals surface area contributed by atoms with E-state index in [0.717, 1.165) is 31.6 Å². The molecule has 0 saturated carbocycles. The van der Waals surface area contributed by atoms with Gasteiger partial charge in [0.1, 0.15) is 5.76 Å². The number of hydrogen-bond donors (Lipinski definition) is 1. The number of aliphatic carboxylic acids is 1. The lowest BCUT2D eigenvalue weighted by molar-refractivity contribution is -0.139. The van der Waals surface area contributed by atoms with E-state index in [2.05, 4.69) is 18.7 Å². The highest BCUT2D eigenvalue weighted by molar-refractivity contribution is 5.69. The number of aryl methyl sites for hydroxylation is 1. The van der Waals surface area contributed by atoms with Gasteiger partial charge < -0.3 is 9.52 Å². The molecular weight excluding hydrogens is 230 g/mol. The van der Waals surface area contributed by atoms with Crippen LogP contribution in [0.4, 0.5) is 0 Å². The van der Waals surface area contributed by atoms with Gasteiger partial charge in [-0.05, 0) is 24.8 Å². The lowest BCUT2D eigenvalue weighted by Gasteiger charge is -2.34. The average Bonchev–Trinajstić information content (AvgIpc) is 2.74. The highest BCUT2D eigenvalue weighted by Crippen LogP contribution is 2.35. The highest BCUT2D eigenvalue weighted by Gasteiger charge is 2.29. The largest absolute Gasteiger partial charge is 0.480 e. The minimum atomic E-state index is -0.758. The van der Waals surface area contributed by atoms with Crippen LogP contribution in [0.2, 0.25) is 0 Å². The van der Waals surface area contributed by atoms with Crippen LogP contribution in [-0.2, 0) is 11.2 Å². The SMILES string of the molecule is CC(C)CN(CC(=O)O)C1CCCc2occc21. The zero-order chi connectivity index (χ0) is 13.1. The van der Waals surface area contributed by atoms with Crippen molar-refractivity contribution in [3.05, 3.63) is 23.7 Å². The molecule has 0 saturated heterocycles. The second-order valence-corrected chi connectivity index (χ2v) is 5.42. The van der Waals surface area contributed by atoms with E-state index in [4.69, 9.17) is 9.52 Å². The molecule has 1 aliphatic carbocycles. The summed E-state index contributed by atoms with van der Waals surface area (Å²) in [4.78, 5) is 13.1. The lowest BCUT2D eigenvalue weighted by atomic mass is 9.91. The molecule has 1 heterocycles. The van der Waals surface area contributed by atoms with Crippen molar-refractivity contribution in [2.45, 2.75) is 39.2 Å². The smallest absolute Gasteiger partial charge is 0.317 e. The van der Waals surface area contributed by atoms with Gasteiger partial charge in [-0.25, -0.2) is 0 Å². The summed E-state index contributed by atoms with van der Waals surface area (Å²) in [5.74, 6) is 0.735. The van der Waals surface area contributed by atoms with Gasteiger partial charge in [0, 0.05) is 24.6 Å². The summed E-state index contributed by atoms with van der Waals surface area (Å²) in [5, 5.41) is 9.06. The van der Waals surface area contributed by atoms with Gasteiger partial charge in [-0.2, -0.15) is 0 Å². The zero-order valence-electron chi connectivity index (χ0n) is 11.1. The summed E-state index contributed by atoms with van der Waals surface area (Å²) in [6, 6.07) is 2.19. The third-order valence-electron chi connectivity index (χ3n) is 3.40. The van der Waals surface area contributed by atoms with Crippen molar-refractivity contribution in [3.8, 4) is 0 Å². The topological polar surface area (TPSA) is 53.7 Å². The summed E-state index contributed by atoms with van der Waals surface area (Å²) in [5.41, 5.74) is 1.18. The van der Waals surface area contributed by atoms with E-state index < -0.39 is 5.97 Å². The molecule has 1 aromatic rings. The second kappa shape index (κ2) is 5.57. The minimum Gasteiger partial charge on any atom is -0.480 e. The fraction of sp³-hybridized carbons (Fsp3) is 0.643. The van der Waals surface area contributed by atoms with Gasteiger partial charge in [0.15, 0.2) is 0 Å². The van der Waals surface area contributed by atoms with E-state index in [0.29, 0.717) is 5.92 Å². The van der Waals surface area contributed by atoms with Gasteiger partial charge in [0.2, 0.25) is 0 Å². The summed E-state index contributed by atoms with van der Waals surface area (Å²) in [6.45, 7) is 5.15. The number of rotatable bonds is 5. The first-order valence-electron chi connectivity index (χ1n) is 6.60. The van der Waals surface area contributed by atoms with Crippen LogP contribution in [0.1, 0.15) is 44.1 Å². The molecule has 0 radical (unpaired) electrons. The molecule has 0 bridgehead atoms. The lowest BCUT2D eigenvalue weighted by Crippen LogP contribution is -2.37. The maximum Gasteiger partial charge on any atom is 0.317 e. The van der Waals surface area contributed by atoms with Crippen LogP contribution in [0.3, 0.4) is 0 Å². The van der Waals surface area contributed by atoms with Crippen LogP contribution in [0, 0.1) is 5.92 Å². The number of carboxylic acids is 1. The van der Waals surface area contributed by atoms with Gasteiger partial charge in [0.25, 0.3) is 0 Å². The number of hydrogen-bond acceptors (Lipinski definition) is 3. The molecule has 4 heteroatoms. The van der Waals surface area contributed by atoms with Crippen molar-refractivity contribution in [3.63, 3.8) is 0 Å². The Morgan fingerprint density at radius 2 is 2.39 bits per heavy atom. The van der Waals surface area contributed by atoms with Gasteiger partial charge in [-0.15, -0.1) is 0 Å². The third kappa shape index (κ3) is 2.93. The van der Waals surface area contributed by atoms with Crippen LogP contribution in [0.15, 0.2) is 16.7 Å². The number of furan rings is 1. The molecule has 18 heavy (non-hydrogen) atoms. The van der Waals surface area contributed by atoms with E-state index in [1.165, 1.54) is 5.56 Å². The van der Waals surface area contributed by atoms with E-state index >= 15 is 0 Å². The first-order valence-corrected chi connectivity index (χ1v) is 6.60. The van der Waals surface area contributed by atoms with Crippen molar-refractivity contribution in [2.75, 3.05) is 13.1 Å². The highest BCUT2D eigenvalue weighted by atomic mass is 16.4. The van der Waals surface area contributed by atoms with Crippen molar-refractivity contribution in [1.82, 2.24) is 4.90 Å². The monoisotopic (exact) mass is 251 g/mol. The van der Waals surface area contributed by atoms with E-state index in [1.54, 1.807) is 6.26 Å². The van der Waals surface area contributed by atoms with Gasteiger partial charge in [-0.3, -0.25) is 9.69 Å². The van der Waals surface area contributed by atoms with Crippen LogP contribution >= 0.6 is 0 Å². The Bertz CT molecular complexity index is 411. The summed E-state index contributed by atoms with van der Waals surface area (Å²) in [7, 11) is 0. The molecule has 1 N–H and O–H groups in total. The fourth-order valence-electron chi connectivity index (χ4n) is 2.79. The standard InChI is InChI=1S/C14H21NO3/c1-10(2)8-15(9-14(16)17)12-4-3-5-13-11(12)6-7-18-13/h6-7,10,12H,3-5,8-9H2,1-2H3,(H,16,17). The number of fused-ring (bicyclic) bond motifs is 1. The normalized spacial score (nSPS) is 19.2. The predicted molar refractivity (Wildman–Crippen MR) is 68.4 cm³/mol. The molecule has 4 nitrogen and oxygen atoms in total. The Balaban J connectivity index is 2.18. The quantitative estimate of drug-likeness (QED) is 0.874. The Labute approximate surface area is 108 Å². The first kappa shape index (κ1) is 13.1. The number of carbonyl (C=O) groups is 1. The second-order valence-electron chi connectivity index (χ2n) is 5.42. The molecule has 100 valence electrons. The van der Waals surface area contributed by atoms with Crippen molar-refractivity contribution in [2.24, 2.45) is 5.92 Å². The molecular formula is C14H21NO3. The zero-order valence-corrected chi connectivity index (χ0v) is 11.1. The summed E-state index contributed by atoms with van der Waals surface area (Å²) >= 11 is 0. The van der Waals surface area contributed by atoms with Gasteiger partial charge in [0.05, 0.1) is 12.8 Å². The molecule has 0 fully saturated rings. The van der Waals surface area contributed by atoms with Crippen LogP contribution in [0.25, 0.3) is 0 Å². The molecule has 0 aliphatic heterocycles. The van der Waals surface area contributed by atoms with Crippen molar-refractivity contribution in [1.29, 1.82) is 0 Å². The van der Waals surface area contributed by atoms with E-state index in [-0.39, 0.29) is 12.6 Å². The molecule has 1 unspecified atom stereocenters. The maximum absolute atomic E-state index is 11.0. The third-order valence-corrected chi connectivity index (χ3v) is 3.40. The average molecular weight is 251 g/mol. The van der Waals surface area contributed by atoms with E-state index in [9.17, 15) is 4.79 Å². The molecule has 0 spiro atoms. The molecule has 0 aromatic carbocycles. The Hall–Kier alpha value is -1.29.